The standard InChI is InChI=1S/C12H24O2Si/c1-5-6-7-8-9-11(12(13)14)10-15(2,3)4/h10H,5-9H2,1-4H3,(H,13,14)/b11-10+. The second kappa shape index (κ2) is 6.83. The highest BCUT2D eigenvalue weighted by Gasteiger charge is 2.14. The molecular weight excluding hydrogens is 204 g/mol. The summed E-state index contributed by atoms with van der Waals surface area (Å²) in [6, 6.07) is 0. The van der Waals surface area contributed by atoms with Crippen molar-refractivity contribution in [2.24, 2.45) is 0 Å². The van der Waals surface area contributed by atoms with Crippen molar-refractivity contribution < 1.29 is 9.90 Å². The molecule has 0 aromatic rings. The van der Waals surface area contributed by atoms with Gasteiger partial charge in [-0.1, -0.05) is 51.5 Å². The second-order valence-electron chi connectivity index (χ2n) is 5.15. The number of carboxylic acid groups (broad SMARTS) is 1. The summed E-state index contributed by atoms with van der Waals surface area (Å²) < 4.78 is 0. The topological polar surface area (TPSA) is 37.3 Å². The van der Waals surface area contributed by atoms with E-state index in [1.807, 2.05) is 5.70 Å². The van der Waals surface area contributed by atoms with Crippen LogP contribution >= 0.6 is 0 Å². The van der Waals surface area contributed by atoms with E-state index in [1.54, 1.807) is 0 Å². The highest BCUT2D eigenvalue weighted by atomic mass is 28.3. The normalized spacial score (nSPS) is 12.9. The van der Waals surface area contributed by atoms with E-state index in [2.05, 4.69) is 26.6 Å². The molecule has 0 atom stereocenters. The lowest BCUT2D eigenvalue weighted by Crippen LogP contribution is -2.19. The molecule has 0 amide bonds. The molecule has 0 aliphatic heterocycles. The quantitative estimate of drug-likeness (QED) is 0.408. The van der Waals surface area contributed by atoms with Crippen molar-refractivity contribution in [1.82, 2.24) is 0 Å². The molecule has 0 spiro atoms. The van der Waals surface area contributed by atoms with Gasteiger partial charge in [-0.2, -0.15) is 0 Å². The summed E-state index contributed by atoms with van der Waals surface area (Å²) in [6.07, 6.45) is 5.29. The third kappa shape index (κ3) is 8.42. The highest BCUT2D eigenvalue weighted by molar-refractivity contribution is 6.81. The molecule has 0 saturated carbocycles. The lowest BCUT2D eigenvalue weighted by Gasteiger charge is -2.12. The number of rotatable bonds is 7. The molecule has 0 rings (SSSR count). The predicted octanol–water partition coefficient (Wildman–Crippen LogP) is 3.85. The third-order valence-electron chi connectivity index (χ3n) is 2.18. The molecule has 2 nitrogen and oxygen atoms in total. The lowest BCUT2D eigenvalue weighted by molar-refractivity contribution is -0.132. The summed E-state index contributed by atoms with van der Waals surface area (Å²) in [5.74, 6) is -0.728. The minimum absolute atomic E-state index is 0.630. The average molecular weight is 228 g/mol. The van der Waals surface area contributed by atoms with Crippen molar-refractivity contribution in [2.75, 3.05) is 0 Å². The van der Waals surface area contributed by atoms with Gasteiger partial charge in [-0.3, -0.25) is 0 Å². The fraction of sp³-hybridized carbons (Fsp3) is 0.750. The molecule has 0 aliphatic carbocycles. The Morgan fingerprint density at radius 3 is 2.20 bits per heavy atom. The van der Waals surface area contributed by atoms with Gasteiger partial charge in [-0.05, 0) is 12.8 Å². The average Bonchev–Trinajstić information content (AvgIpc) is 2.08. The molecule has 0 fully saturated rings. The fourth-order valence-corrected chi connectivity index (χ4v) is 2.82. The molecule has 15 heavy (non-hydrogen) atoms. The van der Waals surface area contributed by atoms with E-state index >= 15 is 0 Å². The molecule has 0 unspecified atom stereocenters. The number of carboxylic acids is 1. The number of hydrogen-bond acceptors (Lipinski definition) is 1. The summed E-state index contributed by atoms with van der Waals surface area (Å²) in [5.41, 5.74) is 2.65. The van der Waals surface area contributed by atoms with Crippen LogP contribution in [0.3, 0.4) is 0 Å². The first-order valence-corrected chi connectivity index (χ1v) is 9.39. The van der Waals surface area contributed by atoms with E-state index in [0.717, 1.165) is 19.3 Å². The van der Waals surface area contributed by atoms with Crippen LogP contribution in [0, 0.1) is 0 Å². The molecular formula is C12H24O2Si. The van der Waals surface area contributed by atoms with Crippen LogP contribution in [-0.4, -0.2) is 19.1 Å². The van der Waals surface area contributed by atoms with Crippen molar-refractivity contribution in [3.63, 3.8) is 0 Å². The van der Waals surface area contributed by atoms with Gasteiger partial charge in [-0.25, -0.2) is 4.79 Å². The summed E-state index contributed by atoms with van der Waals surface area (Å²) in [4.78, 5) is 11.0. The van der Waals surface area contributed by atoms with Crippen molar-refractivity contribution >= 4 is 14.0 Å². The number of hydrogen-bond donors (Lipinski definition) is 1. The summed E-state index contributed by atoms with van der Waals surface area (Å²) in [6.45, 7) is 8.67. The monoisotopic (exact) mass is 228 g/mol. The SMILES string of the molecule is CCCCCC/C(=C\[Si](C)(C)C)C(=O)O. The van der Waals surface area contributed by atoms with Gasteiger partial charge in [0, 0.05) is 5.57 Å². The largest absolute Gasteiger partial charge is 0.478 e. The molecule has 0 radical (unpaired) electrons. The summed E-state index contributed by atoms with van der Waals surface area (Å²) >= 11 is 0. The molecule has 3 heteroatoms. The Balaban J connectivity index is 4.18. The Labute approximate surface area is 94.4 Å². The number of unbranched alkanes of at least 4 members (excludes halogenated alkanes) is 3. The Hall–Kier alpha value is -0.573. The van der Waals surface area contributed by atoms with E-state index in [0.29, 0.717) is 5.57 Å². The molecule has 0 bridgehead atoms. The minimum Gasteiger partial charge on any atom is -0.478 e. The van der Waals surface area contributed by atoms with E-state index in [-0.39, 0.29) is 0 Å². The predicted molar refractivity (Wildman–Crippen MR) is 67.8 cm³/mol. The van der Waals surface area contributed by atoms with Crippen molar-refractivity contribution in [2.45, 2.75) is 58.7 Å². The number of carbonyl (C=O) groups is 1. The van der Waals surface area contributed by atoms with E-state index < -0.39 is 14.0 Å². The highest BCUT2D eigenvalue weighted by Crippen LogP contribution is 2.14. The van der Waals surface area contributed by atoms with Crippen LogP contribution in [0.4, 0.5) is 0 Å². The van der Waals surface area contributed by atoms with Crippen molar-refractivity contribution in [1.29, 1.82) is 0 Å². The zero-order valence-electron chi connectivity index (χ0n) is 10.5. The van der Waals surface area contributed by atoms with Gasteiger partial charge in [0.25, 0.3) is 0 Å². The van der Waals surface area contributed by atoms with Crippen molar-refractivity contribution in [3.05, 3.63) is 11.3 Å². The van der Waals surface area contributed by atoms with Crippen LogP contribution in [0.15, 0.2) is 11.3 Å². The van der Waals surface area contributed by atoms with E-state index in [4.69, 9.17) is 5.11 Å². The molecule has 0 saturated heterocycles. The van der Waals surface area contributed by atoms with Gasteiger partial charge in [0.2, 0.25) is 0 Å². The first-order valence-electron chi connectivity index (χ1n) is 5.82. The number of aliphatic carboxylic acids is 1. The van der Waals surface area contributed by atoms with Gasteiger partial charge in [0.05, 0.1) is 8.07 Å². The molecule has 0 aromatic carbocycles. The van der Waals surface area contributed by atoms with Gasteiger partial charge in [0.15, 0.2) is 0 Å². The van der Waals surface area contributed by atoms with E-state index in [9.17, 15) is 4.79 Å². The Bertz CT molecular complexity index is 226. The first kappa shape index (κ1) is 14.4. The van der Waals surface area contributed by atoms with Crippen LogP contribution in [0.5, 0.6) is 0 Å². The smallest absolute Gasteiger partial charge is 0.330 e. The van der Waals surface area contributed by atoms with Crippen LogP contribution < -0.4 is 0 Å². The second-order valence-corrected chi connectivity index (χ2v) is 10.2. The Kier molecular flexibility index (Phi) is 6.57. The summed E-state index contributed by atoms with van der Waals surface area (Å²) in [7, 11) is -1.39. The third-order valence-corrected chi connectivity index (χ3v) is 3.40. The molecule has 0 aliphatic rings. The zero-order chi connectivity index (χ0) is 11.9. The maximum absolute atomic E-state index is 11.0. The maximum atomic E-state index is 11.0. The zero-order valence-corrected chi connectivity index (χ0v) is 11.5. The minimum atomic E-state index is -1.39. The van der Waals surface area contributed by atoms with Gasteiger partial charge >= 0.3 is 5.97 Å². The van der Waals surface area contributed by atoms with Gasteiger partial charge < -0.3 is 5.11 Å². The van der Waals surface area contributed by atoms with E-state index in [1.165, 1.54) is 12.8 Å². The summed E-state index contributed by atoms with van der Waals surface area (Å²) in [5, 5.41) is 9.05. The van der Waals surface area contributed by atoms with Crippen LogP contribution in [-0.2, 0) is 4.79 Å². The maximum Gasteiger partial charge on any atom is 0.330 e. The van der Waals surface area contributed by atoms with Gasteiger partial charge in [-0.15, -0.1) is 0 Å². The molecule has 0 heterocycles. The van der Waals surface area contributed by atoms with Gasteiger partial charge in [0.1, 0.15) is 0 Å². The van der Waals surface area contributed by atoms with Crippen LogP contribution in [0.1, 0.15) is 39.0 Å². The molecule has 88 valence electrons. The Morgan fingerprint density at radius 1 is 1.20 bits per heavy atom. The first-order chi connectivity index (χ1) is 6.87. The lowest BCUT2D eigenvalue weighted by atomic mass is 10.1. The Morgan fingerprint density at radius 2 is 1.80 bits per heavy atom. The van der Waals surface area contributed by atoms with Crippen LogP contribution in [0.25, 0.3) is 0 Å². The van der Waals surface area contributed by atoms with Crippen LogP contribution in [0.2, 0.25) is 19.6 Å². The molecule has 1 N–H and O–H groups in total. The van der Waals surface area contributed by atoms with Crippen molar-refractivity contribution in [3.8, 4) is 0 Å². The fourth-order valence-electron chi connectivity index (χ4n) is 1.51. The molecule has 0 aromatic heterocycles.